The van der Waals surface area contributed by atoms with Gasteiger partial charge in [-0.25, -0.2) is 13.4 Å². The average Bonchev–Trinajstić information content (AvgIpc) is 3.11. The van der Waals surface area contributed by atoms with Crippen LogP contribution in [-0.2, 0) is 21.1 Å². The summed E-state index contributed by atoms with van der Waals surface area (Å²) in [6.45, 7) is 1.61. The molecule has 1 N–H and O–H groups in total. The number of nitrogens with zero attached hydrogens (tertiary/aromatic N) is 1. The van der Waals surface area contributed by atoms with Gasteiger partial charge in [0.05, 0.1) is 27.3 Å². The second kappa shape index (κ2) is 7.33. The van der Waals surface area contributed by atoms with Gasteiger partial charge in [-0.1, -0.05) is 60.7 Å². The molecule has 0 saturated carbocycles. The number of amides is 1. The van der Waals surface area contributed by atoms with Crippen LogP contribution in [0.1, 0.15) is 12.5 Å². The first-order valence-electron chi connectivity index (χ1n) is 8.86. The Morgan fingerprint density at radius 3 is 2.54 bits per heavy atom. The van der Waals surface area contributed by atoms with Gasteiger partial charge in [0.25, 0.3) is 0 Å². The van der Waals surface area contributed by atoms with Crippen LogP contribution in [0.5, 0.6) is 0 Å². The van der Waals surface area contributed by atoms with Gasteiger partial charge in [0.2, 0.25) is 5.91 Å². The van der Waals surface area contributed by atoms with Crippen LogP contribution in [0.4, 0.5) is 5.13 Å². The second-order valence-electron chi connectivity index (χ2n) is 6.42. The number of carbonyl (C=O) groups excluding carboxylic acids is 1. The molecule has 4 rings (SSSR count). The second-order valence-corrected chi connectivity index (χ2v) is 9.73. The van der Waals surface area contributed by atoms with Crippen molar-refractivity contribution < 1.29 is 13.2 Å². The number of nitrogens with one attached hydrogen (secondary N) is 1. The average molecular weight is 411 g/mol. The summed E-state index contributed by atoms with van der Waals surface area (Å²) < 4.78 is 24.8. The molecular formula is C21H18N2O3S2. The number of carbonyl (C=O) groups is 1. The summed E-state index contributed by atoms with van der Waals surface area (Å²) >= 11 is 1.44. The molecule has 0 spiro atoms. The maximum Gasteiger partial charge on any atom is 0.230 e. The Kier molecular flexibility index (Phi) is 4.87. The minimum absolute atomic E-state index is 0.0547. The SMILES string of the molecule is CCS(=O)(=O)c1ccc(CC(=O)Nc2nc3c(ccc4ccccc43)s2)cc1. The smallest absolute Gasteiger partial charge is 0.230 e. The lowest BCUT2D eigenvalue weighted by Crippen LogP contribution is -2.14. The van der Waals surface area contributed by atoms with Gasteiger partial charge >= 0.3 is 0 Å². The normalized spacial score (nSPS) is 11.8. The zero-order valence-electron chi connectivity index (χ0n) is 15.2. The van der Waals surface area contributed by atoms with E-state index >= 15 is 0 Å². The fourth-order valence-electron chi connectivity index (χ4n) is 3.04. The van der Waals surface area contributed by atoms with Gasteiger partial charge in [-0.05, 0) is 29.1 Å². The molecule has 0 aliphatic heterocycles. The summed E-state index contributed by atoms with van der Waals surface area (Å²) in [6, 6.07) is 18.5. The van der Waals surface area contributed by atoms with Crippen LogP contribution in [0.2, 0.25) is 0 Å². The van der Waals surface area contributed by atoms with Crippen LogP contribution in [0, 0.1) is 0 Å². The van der Waals surface area contributed by atoms with E-state index in [0.717, 1.165) is 26.6 Å². The predicted molar refractivity (Wildman–Crippen MR) is 114 cm³/mol. The lowest BCUT2D eigenvalue weighted by molar-refractivity contribution is -0.115. The Bertz CT molecular complexity index is 1280. The third-order valence-electron chi connectivity index (χ3n) is 4.56. The molecule has 0 aliphatic rings. The Hall–Kier alpha value is -2.77. The molecule has 4 aromatic rings. The number of hydrogen-bond donors (Lipinski definition) is 1. The molecule has 0 radical (unpaired) electrons. The van der Waals surface area contributed by atoms with Crippen molar-refractivity contribution in [3.63, 3.8) is 0 Å². The number of thiazole rings is 1. The number of benzene rings is 3. The quantitative estimate of drug-likeness (QED) is 0.528. The monoisotopic (exact) mass is 410 g/mol. The van der Waals surface area contributed by atoms with Crippen molar-refractivity contribution in [2.75, 3.05) is 11.1 Å². The van der Waals surface area contributed by atoms with E-state index < -0.39 is 9.84 Å². The van der Waals surface area contributed by atoms with Crippen LogP contribution in [0.3, 0.4) is 0 Å². The molecule has 7 heteroatoms. The lowest BCUT2D eigenvalue weighted by Gasteiger charge is -2.04. The first kappa shape index (κ1) is 18.6. The largest absolute Gasteiger partial charge is 0.302 e. The summed E-state index contributed by atoms with van der Waals surface area (Å²) in [5.41, 5.74) is 1.63. The van der Waals surface area contributed by atoms with Gasteiger partial charge in [0, 0.05) is 5.39 Å². The number of hydrogen-bond acceptors (Lipinski definition) is 5. The molecule has 0 saturated heterocycles. The highest BCUT2D eigenvalue weighted by molar-refractivity contribution is 7.91. The minimum atomic E-state index is -3.23. The van der Waals surface area contributed by atoms with E-state index in [-0.39, 0.29) is 23.0 Å². The van der Waals surface area contributed by atoms with E-state index in [1.807, 2.05) is 36.4 Å². The van der Waals surface area contributed by atoms with Crippen molar-refractivity contribution in [1.82, 2.24) is 4.98 Å². The molecule has 1 heterocycles. The molecule has 1 amide bonds. The van der Waals surface area contributed by atoms with Crippen molar-refractivity contribution in [3.8, 4) is 0 Å². The molecule has 142 valence electrons. The van der Waals surface area contributed by atoms with E-state index in [1.165, 1.54) is 11.3 Å². The molecular weight excluding hydrogens is 392 g/mol. The van der Waals surface area contributed by atoms with E-state index in [2.05, 4.69) is 10.3 Å². The van der Waals surface area contributed by atoms with Crippen molar-refractivity contribution >= 4 is 53.2 Å². The summed E-state index contributed by atoms with van der Waals surface area (Å²) in [5.74, 6) is -0.131. The van der Waals surface area contributed by atoms with E-state index in [0.29, 0.717) is 5.13 Å². The van der Waals surface area contributed by atoms with Crippen molar-refractivity contribution in [2.24, 2.45) is 0 Å². The Morgan fingerprint density at radius 1 is 1.04 bits per heavy atom. The Balaban J connectivity index is 1.51. The predicted octanol–water partition coefficient (Wildman–Crippen LogP) is 4.42. The van der Waals surface area contributed by atoms with Crippen LogP contribution in [-0.4, -0.2) is 25.1 Å². The van der Waals surface area contributed by atoms with E-state index in [1.54, 1.807) is 31.2 Å². The van der Waals surface area contributed by atoms with Crippen LogP contribution >= 0.6 is 11.3 Å². The molecule has 0 atom stereocenters. The standard InChI is InChI=1S/C21H18N2O3S2/c1-2-28(25,26)16-10-7-14(8-11-16)13-19(24)22-21-23-20-17-6-4-3-5-15(17)9-12-18(20)27-21/h3-12H,2,13H2,1H3,(H,22,23,24). The summed E-state index contributed by atoms with van der Waals surface area (Å²) in [7, 11) is -3.23. The molecule has 0 aliphatic carbocycles. The van der Waals surface area contributed by atoms with Crippen molar-refractivity contribution in [1.29, 1.82) is 0 Å². The summed E-state index contributed by atoms with van der Waals surface area (Å²) in [5, 5.41) is 5.58. The lowest BCUT2D eigenvalue weighted by atomic mass is 10.1. The summed E-state index contributed by atoms with van der Waals surface area (Å²) in [4.78, 5) is 17.3. The summed E-state index contributed by atoms with van der Waals surface area (Å²) in [6.07, 6.45) is 0.156. The van der Waals surface area contributed by atoms with Gasteiger partial charge in [0.1, 0.15) is 0 Å². The molecule has 0 unspecified atom stereocenters. The molecule has 3 aromatic carbocycles. The van der Waals surface area contributed by atoms with Crippen molar-refractivity contribution in [3.05, 3.63) is 66.2 Å². The molecule has 1 aromatic heterocycles. The number of rotatable bonds is 5. The molecule has 5 nitrogen and oxygen atoms in total. The highest BCUT2D eigenvalue weighted by Crippen LogP contribution is 2.31. The van der Waals surface area contributed by atoms with Crippen LogP contribution in [0.15, 0.2) is 65.6 Å². The van der Waals surface area contributed by atoms with Crippen LogP contribution in [0.25, 0.3) is 21.0 Å². The van der Waals surface area contributed by atoms with Gasteiger partial charge < -0.3 is 5.32 Å². The third-order valence-corrected chi connectivity index (χ3v) is 7.24. The maximum atomic E-state index is 12.4. The number of anilines is 1. The molecule has 0 bridgehead atoms. The first-order valence-corrected chi connectivity index (χ1v) is 11.3. The molecule has 0 fully saturated rings. The number of fused-ring (bicyclic) bond motifs is 3. The Labute approximate surface area is 167 Å². The molecule has 28 heavy (non-hydrogen) atoms. The van der Waals surface area contributed by atoms with Gasteiger partial charge in [-0.2, -0.15) is 0 Å². The van der Waals surface area contributed by atoms with Gasteiger partial charge in [0.15, 0.2) is 15.0 Å². The van der Waals surface area contributed by atoms with Crippen LogP contribution < -0.4 is 5.32 Å². The number of aromatic nitrogens is 1. The van der Waals surface area contributed by atoms with Gasteiger partial charge in [-0.15, -0.1) is 0 Å². The van der Waals surface area contributed by atoms with Gasteiger partial charge in [-0.3, -0.25) is 4.79 Å². The topological polar surface area (TPSA) is 76.1 Å². The highest BCUT2D eigenvalue weighted by Gasteiger charge is 2.13. The maximum absolute atomic E-state index is 12.4. The van der Waals surface area contributed by atoms with E-state index in [9.17, 15) is 13.2 Å². The third kappa shape index (κ3) is 3.63. The zero-order valence-corrected chi connectivity index (χ0v) is 16.8. The minimum Gasteiger partial charge on any atom is -0.302 e. The van der Waals surface area contributed by atoms with Crippen molar-refractivity contribution in [2.45, 2.75) is 18.2 Å². The fraction of sp³-hybridized carbons (Fsp3) is 0.143. The Morgan fingerprint density at radius 2 is 1.79 bits per heavy atom. The zero-order chi connectivity index (χ0) is 19.7. The number of sulfone groups is 1. The fourth-order valence-corrected chi connectivity index (χ4v) is 4.83. The highest BCUT2D eigenvalue weighted by atomic mass is 32.2. The van der Waals surface area contributed by atoms with E-state index in [4.69, 9.17) is 0 Å². The first-order chi connectivity index (χ1) is 13.5.